The molecule has 1 aliphatic heterocycles. The van der Waals surface area contributed by atoms with Crippen molar-refractivity contribution in [3.05, 3.63) is 83.4 Å². The van der Waals surface area contributed by atoms with Gasteiger partial charge in [-0.3, -0.25) is 4.79 Å². The summed E-state index contributed by atoms with van der Waals surface area (Å²) in [5.74, 6) is 0.441. The predicted molar refractivity (Wildman–Crippen MR) is 136 cm³/mol. The molecule has 2 atom stereocenters. The Hall–Kier alpha value is -3.74. The maximum Gasteiger partial charge on any atom is 0.225 e. The van der Waals surface area contributed by atoms with Crippen molar-refractivity contribution in [1.29, 1.82) is 0 Å². The Morgan fingerprint density at radius 1 is 1.14 bits per heavy atom. The number of piperidine rings is 1. The molecule has 0 aliphatic carbocycles. The molecule has 2 aromatic carbocycles. The van der Waals surface area contributed by atoms with E-state index in [2.05, 4.69) is 53.3 Å². The molecule has 0 radical (unpaired) electrons. The number of hydrogen-bond acceptors (Lipinski definition) is 4. The fraction of sp³-hybridized carbons (Fsp3) is 0.321. The molecule has 180 valence electrons. The predicted octanol–water partition coefficient (Wildman–Crippen LogP) is 5.25. The number of carbonyl (C=O) groups excluding carboxylic acids is 1. The van der Waals surface area contributed by atoms with E-state index in [1.54, 1.807) is 18.3 Å². The Morgan fingerprint density at radius 2 is 1.94 bits per heavy atom. The second-order valence-electron chi connectivity index (χ2n) is 9.50. The second kappa shape index (κ2) is 9.49. The summed E-state index contributed by atoms with van der Waals surface area (Å²) in [5.41, 5.74) is 6.25. The van der Waals surface area contributed by atoms with Crippen LogP contribution in [0, 0.1) is 25.6 Å². The van der Waals surface area contributed by atoms with Gasteiger partial charge in [-0.15, -0.1) is 0 Å². The van der Waals surface area contributed by atoms with Gasteiger partial charge in [0, 0.05) is 31.0 Å². The minimum absolute atomic E-state index is 0.0166. The summed E-state index contributed by atoms with van der Waals surface area (Å²) in [7, 11) is 0. The summed E-state index contributed by atoms with van der Waals surface area (Å²) >= 11 is 0. The molecule has 1 N–H and O–H groups in total. The van der Waals surface area contributed by atoms with Crippen LogP contribution in [0.5, 0.6) is 0 Å². The van der Waals surface area contributed by atoms with Crippen molar-refractivity contribution < 1.29 is 9.18 Å². The van der Waals surface area contributed by atoms with Crippen LogP contribution in [-0.2, 0) is 4.79 Å². The summed E-state index contributed by atoms with van der Waals surface area (Å²) in [6.07, 6.45) is 5.37. The SMILES string of the molecule is Cc1ccc(-c2cc3c(N4CCCC(C(=O)NC(C)c5ccc(F)cc5)C4)nccn3n2)c(C)c1. The number of anilines is 1. The number of fused-ring (bicyclic) bond motifs is 1. The maximum atomic E-state index is 13.2. The molecule has 1 fully saturated rings. The molecule has 0 spiro atoms. The number of aryl methyl sites for hydroxylation is 2. The normalized spacial score (nSPS) is 16.9. The number of nitrogens with zero attached hydrogens (tertiary/aromatic N) is 4. The van der Waals surface area contributed by atoms with E-state index in [0.717, 1.165) is 47.5 Å². The van der Waals surface area contributed by atoms with E-state index >= 15 is 0 Å². The van der Waals surface area contributed by atoms with Crippen LogP contribution in [0.25, 0.3) is 16.8 Å². The van der Waals surface area contributed by atoms with Gasteiger partial charge in [-0.05, 0) is 62.9 Å². The van der Waals surface area contributed by atoms with Crippen molar-refractivity contribution in [1.82, 2.24) is 19.9 Å². The average molecular weight is 472 g/mol. The quantitative estimate of drug-likeness (QED) is 0.432. The first-order chi connectivity index (χ1) is 16.9. The van der Waals surface area contributed by atoms with E-state index in [0.29, 0.717) is 6.54 Å². The Morgan fingerprint density at radius 3 is 2.71 bits per heavy atom. The van der Waals surface area contributed by atoms with Gasteiger partial charge in [0.1, 0.15) is 11.3 Å². The van der Waals surface area contributed by atoms with Crippen LogP contribution >= 0.6 is 0 Å². The molecule has 2 aromatic heterocycles. The van der Waals surface area contributed by atoms with Crippen LogP contribution in [0.3, 0.4) is 0 Å². The zero-order valence-corrected chi connectivity index (χ0v) is 20.3. The summed E-state index contributed by atoms with van der Waals surface area (Å²) in [6, 6.07) is 14.6. The van der Waals surface area contributed by atoms with Crippen LogP contribution in [0.15, 0.2) is 60.9 Å². The number of benzene rings is 2. The number of amides is 1. The van der Waals surface area contributed by atoms with E-state index in [1.807, 2.05) is 17.6 Å². The van der Waals surface area contributed by atoms with Gasteiger partial charge in [0.05, 0.1) is 17.7 Å². The average Bonchev–Trinajstić information content (AvgIpc) is 3.28. The van der Waals surface area contributed by atoms with Crippen molar-refractivity contribution in [3.8, 4) is 11.3 Å². The summed E-state index contributed by atoms with van der Waals surface area (Å²) in [6.45, 7) is 7.56. The van der Waals surface area contributed by atoms with Gasteiger partial charge in [-0.25, -0.2) is 13.9 Å². The number of halogens is 1. The highest BCUT2D eigenvalue weighted by atomic mass is 19.1. The first-order valence-electron chi connectivity index (χ1n) is 12.1. The van der Waals surface area contributed by atoms with Crippen molar-refractivity contribution in [2.45, 2.75) is 39.7 Å². The van der Waals surface area contributed by atoms with Crippen molar-refractivity contribution in [3.63, 3.8) is 0 Å². The van der Waals surface area contributed by atoms with Crippen LogP contribution < -0.4 is 10.2 Å². The number of nitrogens with one attached hydrogen (secondary N) is 1. The lowest BCUT2D eigenvalue weighted by atomic mass is 9.96. The monoisotopic (exact) mass is 471 g/mol. The van der Waals surface area contributed by atoms with E-state index in [9.17, 15) is 9.18 Å². The van der Waals surface area contributed by atoms with Gasteiger partial charge in [-0.1, -0.05) is 35.9 Å². The molecule has 1 aliphatic rings. The zero-order valence-electron chi connectivity index (χ0n) is 20.3. The molecule has 6 nitrogen and oxygen atoms in total. The van der Waals surface area contributed by atoms with Gasteiger partial charge in [0.2, 0.25) is 5.91 Å². The molecule has 35 heavy (non-hydrogen) atoms. The molecule has 2 unspecified atom stereocenters. The Kier molecular flexibility index (Phi) is 6.24. The molecule has 7 heteroatoms. The van der Waals surface area contributed by atoms with E-state index < -0.39 is 0 Å². The summed E-state index contributed by atoms with van der Waals surface area (Å²) < 4.78 is 15.1. The molecule has 1 amide bonds. The topological polar surface area (TPSA) is 62.5 Å². The van der Waals surface area contributed by atoms with Gasteiger partial charge < -0.3 is 10.2 Å². The molecule has 4 aromatic rings. The van der Waals surface area contributed by atoms with Crippen LogP contribution in [0.2, 0.25) is 0 Å². The minimum atomic E-state index is -0.280. The number of carbonyl (C=O) groups is 1. The van der Waals surface area contributed by atoms with E-state index in [1.165, 1.54) is 23.3 Å². The summed E-state index contributed by atoms with van der Waals surface area (Å²) in [4.78, 5) is 20.0. The smallest absolute Gasteiger partial charge is 0.225 e. The first kappa shape index (κ1) is 23.0. The van der Waals surface area contributed by atoms with Gasteiger partial charge in [0.15, 0.2) is 5.82 Å². The van der Waals surface area contributed by atoms with Crippen LogP contribution in [0.4, 0.5) is 10.2 Å². The molecule has 5 rings (SSSR count). The third-order valence-electron chi connectivity index (χ3n) is 6.85. The van der Waals surface area contributed by atoms with E-state index in [-0.39, 0.29) is 23.7 Å². The van der Waals surface area contributed by atoms with Crippen molar-refractivity contribution >= 4 is 17.2 Å². The molecule has 0 saturated carbocycles. The molecule has 3 heterocycles. The largest absolute Gasteiger partial charge is 0.354 e. The van der Waals surface area contributed by atoms with Crippen molar-refractivity contribution in [2.24, 2.45) is 5.92 Å². The minimum Gasteiger partial charge on any atom is -0.354 e. The third-order valence-corrected chi connectivity index (χ3v) is 6.85. The first-order valence-corrected chi connectivity index (χ1v) is 12.1. The lowest BCUT2D eigenvalue weighted by Gasteiger charge is -2.33. The second-order valence-corrected chi connectivity index (χ2v) is 9.50. The number of rotatable bonds is 5. The van der Waals surface area contributed by atoms with Gasteiger partial charge >= 0.3 is 0 Å². The Bertz CT molecular complexity index is 1360. The highest BCUT2D eigenvalue weighted by Gasteiger charge is 2.28. The number of aromatic nitrogens is 3. The zero-order chi connectivity index (χ0) is 24.5. The van der Waals surface area contributed by atoms with Crippen LogP contribution in [0.1, 0.15) is 42.5 Å². The molecular weight excluding hydrogens is 441 g/mol. The van der Waals surface area contributed by atoms with Gasteiger partial charge in [0.25, 0.3) is 0 Å². The standard InChI is InChI=1S/C28H30FN5O/c1-18-6-11-24(19(2)15-18)25-16-26-27(30-12-14-34(26)32-25)33-13-4-5-22(17-33)28(35)31-20(3)21-7-9-23(29)10-8-21/h6-12,14-16,20,22H,4-5,13,17H2,1-3H3,(H,31,35). The highest BCUT2D eigenvalue weighted by Crippen LogP contribution is 2.30. The molecule has 1 saturated heterocycles. The maximum absolute atomic E-state index is 13.2. The van der Waals surface area contributed by atoms with Crippen molar-refractivity contribution in [2.75, 3.05) is 18.0 Å². The fourth-order valence-electron chi connectivity index (χ4n) is 4.93. The van der Waals surface area contributed by atoms with Gasteiger partial charge in [-0.2, -0.15) is 5.10 Å². The molecular formula is C28H30FN5O. The lowest BCUT2D eigenvalue weighted by molar-refractivity contribution is -0.125. The fourth-order valence-corrected chi connectivity index (χ4v) is 4.93. The third kappa shape index (κ3) is 4.76. The summed E-state index contributed by atoms with van der Waals surface area (Å²) in [5, 5.41) is 7.91. The molecule has 0 bridgehead atoms. The van der Waals surface area contributed by atoms with E-state index in [4.69, 9.17) is 5.10 Å². The number of hydrogen-bond donors (Lipinski definition) is 1. The van der Waals surface area contributed by atoms with Crippen LogP contribution in [-0.4, -0.2) is 33.6 Å². The lowest BCUT2D eigenvalue weighted by Crippen LogP contribution is -2.44. The Balaban J connectivity index is 1.35. The Labute approximate surface area is 204 Å². The highest BCUT2D eigenvalue weighted by molar-refractivity contribution is 5.81.